The minimum atomic E-state index is -0.525. The van der Waals surface area contributed by atoms with Crippen molar-refractivity contribution in [3.8, 4) is 0 Å². The molecule has 1 saturated heterocycles. The summed E-state index contributed by atoms with van der Waals surface area (Å²) in [5.74, 6) is -0.984. The molecule has 0 atom stereocenters. The molecule has 1 fully saturated rings. The third-order valence-corrected chi connectivity index (χ3v) is 4.42. The van der Waals surface area contributed by atoms with E-state index in [4.69, 9.17) is 0 Å². The smallest absolute Gasteiger partial charge is 0.337 e. The number of nitrogens with one attached hydrogen (secondary N) is 1. The summed E-state index contributed by atoms with van der Waals surface area (Å²) in [5.41, 5.74) is 1.46. The highest BCUT2D eigenvalue weighted by Gasteiger charge is 2.22. The first-order valence-corrected chi connectivity index (χ1v) is 8.52. The summed E-state index contributed by atoms with van der Waals surface area (Å²) < 4.78 is 4.68. The Morgan fingerprint density at radius 3 is 2.56 bits per heavy atom. The Morgan fingerprint density at radius 1 is 1.15 bits per heavy atom. The second-order valence-corrected chi connectivity index (χ2v) is 6.18. The molecule has 0 unspecified atom stereocenters. The summed E-state index contributed by atoms with van der Waals surface area (Å²) in [6, 6.07) is 10.6. The Kier molecular flexibility index (Phi) is 5.35. The SMILES string of the molecule is COC(=O)c1cccc(NC(=O)c2cc([N+](=O)[O-])ccc2N2CCCC2)c1. The van der Waals surface area contributed by atoms with Crippen LogP contribution >= 0.6 is 0 Å². The molecular weight excluding hydrogens is 350 g/mol. The summed E-state index contributed by atoms with van der Waals surface area (Å²) >= 11 is 0. The molecule has 0 saturated carbocycles. The van der Waals surface area contributed by atoms with Crippen LogP contribution < -0.4 is 10.2 Å². The van der Waals surface area contributed by atoms with E-state index < -0.39 is 16.8 Å². The Hall–Kier alpha value is -3.42. The van der Waals surface area contributed by atoms with E-state index in [-0.39, 0.29) is 11.3 Å². The van der Waals surface area contributed by atoms with E-state index in [0.29, 0.717) is 16.9 Å². The van der Waals surface area contributed by atoms with E-state index in [0.717, 1.165) is 25.9 Å². The van der Waals surface area contributed by atoms with Gasteiger partial charge in [0.05, 0.1) is 28.8 Å². The first-order valence-electron chi connectivity index (χ1n) is 8.52. The number of esters is 1. The summed E-state index contributed by atoms with van der Waals surface area (Å²) in [7, 11) is 1.28. The van der Waals surface area contributed by atoms with Crippen molar-refractivity contribution in [1.29, 1.82) is 0 Å². The van der Waals surface area contributed by atoms with Crippen LogP contribution in [0.5, 0.6) is 0 Å². The van der Waals surface area contributed by atoms with Gasteiger partial charge in [-0.1, -0.05) is 6.07 Å². The Balaban J connectivity index is 1.92. The van der Waals surface area contributed by atoms with Crippen LogP contribution in [0.1, 0.15) is 33.6 Å². The molecule has 2 aromatic rings. The van der Waals surface area contributed by atoms with Gasteiger partial charge in [-0.3, -0.25) is 14.9 Å². The van der Waals surface area contributed by atoms with Gasteiger partial charge in [0.1, 0.15) is 0 Å². The van der Waals surface area contributed by atoms with Crippen LogP contribution in [0.2, 0.25) is 0 Å². The predicted molar refractivity (Wildman–Crippen MR) is 100 cm³/mol. The van der Waals surface area contributed by atoms with E-state index in [9.17, 15) is 19.7 Å². The average Bonchev–Trinajstić information content (AvgIpc) is 3.21. The minimum Gasteiger partial charge on any atom is -0.465 e. The van der Waals surface area contributed by atoms with Gasteiger partial charge in [-0.2, -0.15) is 0 Å². The molecule has 0 spiro atoms. The number of nitro benzene ring substituents is 1. The second-order valence-electron chi connectivity index (χ2n) is 6.18. The maximum absolute atomic E-state index is 12.8. The maximum Gasteiger partial charge on any atom is 0.337 e. The molecule has 1 amide bonds. The summed E-state index contributed by atoms with van der Waals surface area (Å²) in [6.07, 6.45) is 2.03. The lowest BCUT2D eigenvalue weighted by Gasteiger charge is -2.21. The van der Waals surface area contributed by atoms with Crippen molar-refractivity contribution in [2.75, 3.05) is 30.4 Å². The zero-order valence-electron chi connectivity index (χ0n) is 14.8. The number of amides is 1. The molecule has 0 bridgehead atoms. The quantitative estimate of drug-likeness (QED) is 0.493. The molecule has 3 rings (SSSR count). The van der Waals surface area contributed by atoms with Crippen molar-refractivity contribution in [2.24, 2.45) is 0 Å². The number of carbonyl (C=O) groups is 2. The van der Waals surface area contributed by atoms with Crippen LogP contribution in [-0.4, -0.2) is 37.0 Å². The number of carbonyl (C=O) groups excluding carboxylic acids is 2. The fourth-order valence-electron chi connectivity index (χ4n) is 3.09. The fourth-order valence-corrected chi connectivity index (χ4v) is 3.09. The Morgan fingerprint density at radius 2 is 1.89 bits per heavy atom. The molecule has 1 aliphatic rings. The molecule has 0 aliphatic carbocycles. The highest BCUT2D eigenvalue weighted by Crippen LogP contribution is 2.29. The predicted octanol–water partition coefficient (Wildman–Crippen LogP) is 3.23. The molecule has 8 heteroatoms. The van der Waals surface area contributed by atoms with Gasteiger partial charge in [-0.15, -0.1) is 0 Å². The largest absolute Gasteiger partial charge is 0.465 e. The second kappa shape index (κ2) is 7.86. The van der Waals surface area contributed by atoms with Gasteiger partial charge >= 0.3 is 5.97 Å². The van der Waals surface area contributed by atoms with Crippen molar-refractivity contribution in [3.05, 3.63) is 63.7 Å². The molecule has 0 radical (unpaired) electrons. The van der Waals surface area contributed by atoms with Crippen molar-refractivity contribution < 1.29 is 19.2 Å². The first kappa shape index (κ1) is 18.4. The van der Waals surface area contributed by atoms with Gasteiger partial charge in [0, 0.05) is 30.9 Å². The highest BCUT2D eigenvalue weighted by atomic mass is 16.6. The standard InChI is InChI=1S/C19H19N3O5/c1-27-19(24)13-5-4-6-14(11-13)20-18(23)16-12-15(22(25)26)7-8-17(16)21-9-2-3-10-21/h4-8,11-12H,2-3,9-10H2,1H3,(H,20,23). The van der Waals surface area contributed by atoms with Gasteiger partial charge in [-0.25, -0.2) is 4.79 Å². The highest BCUT2D eigenvalue weighted by molar-refractivity contribution is 6.09. The molecule has 2 aromatic carbocycles. The van der Waals surface area contributed by atoms with Gasteiger partial charge < -0.3 is 15.0 Å². The molecule has 1 N–H and O–H groups in total. The first-order chi connectivity index (χ1) is 13.0. The van der Waals surface area contributed by atoms with E-state index in [1.165, 1.54) is 25.3 Å². The van der Waals surface area contributed by atoms with E-state index in [2.05, 4.69) is 10.1 Å². The van der Waals surface area contributed by atoms with E-state index in [1.54, 1.807) is 24.3 Å². The number of ether oxygens (including phenoxy) is 1. The molecule has 8 nitrogen and oxygen atoms in total. The fraction of sp³-hybridized carbons (Fsp3) is 0.263. The van der Waals surface area contributed by atoms with Crippen LogP contribution in [0.15, 0.2) is 42.5 Å². The normalized spacial score (nSPS) is 13.3. The van der Waals surface area contributed by atoms with E-state index in [1.807, 2.05) is 4.90 Å². The lowest BCUT2D eigenvalue weighted by Crippen LogP contribution is -2.23. The topological polar surface area (TPSA) is 102 Å². The Labute approximate surface area is 155 Å². The van der Waals surface area contributed by atoms with Gasteiger partial charge in [0.15, 0.2) is 0 Å². The number of nitro groups is 1. The summed E-state index contributed by atoms with van der Waals surface area (Å²) in [5, 5.41) is 13.8. The maximum atomic E-state index is 12.8. The minimum absolute atomic E-state index is 0.147. The van der Waals surface area contributed by atoms with E-state index >= 15 is 0 Å². The van der Waals surface area contributed by atoms with Crippen LogP contribution in [0.3, 0.4) is 0 Å². The number of benzene rings is 2. The molecule has 27 heavy (non-hydrogen) atoms. The molecule has 1 aliphatic heterocycles. The van der Waals surface area contributed by atoms with Gasteiger partial charge in [-0.05, 0) is 37.1 Å². The molecule has 1 heterocycles. The third-order valence-electron chi connectivity index (χ3n) is 4.42. The zero-order valence-corrected chi connectivity index (χ0v) is 14.8. The monoisotopic (exact) mass is 369 g/mol. The van der Waals surface area contributed by atoms with Crippen LogP contribution in [-0.2, 0) is 4.74 Å². The lowest BCUT2D eigenvalue weighted by molar-refractivity contribution is -0.384. The van der Waals surface area contributed by atoms with Crippen molar-refractivity contribution >= 4 is 28.9 Å². The van der Waals surface area contributed by atoms with Crippen LogP contribution in [0.25, 0.3) is 0 Å². The molecular formula is C19H19N3O5. The van der Waals surface area contributed by atoms with Crippen molar-refractivity contribution in [2.45, 2.75) is 12.8 Å². The average molecular weight is 369 g/mol. The molecule has 0 aromatic heterocycles. The number of anilines is 2. The summed E-state index contributed by atoms with van der Waals surface area (Å²) in [4.78, 5) is 37.1. The molecule has 140 valence electrons. The van der Waals surface area contributed by atoms with Crippen LogP contribution in [0.4, 0.5) is 17.1 Å². The zero-order chi connectivity index (χ0) is 19.4. The third kappa shape index (κ3) is 4.05. The van der Waals surface area contributed by atoms with Crippen molar-refractivity contribution in [3.63, 3.8) is 0 Å². The number of hydrogen-bond acceptors (Lipinski definition) is 6. The summed E-state index contributed by atoms with van der Waals surface area (Å²) in [6.45, 7) is 1.60. The Bertz CT molecular complexity index is 891. The number of methoxy groups -OCH3 is 1. The van der Waals surface area contributed by atoms with Gasteiger partial charge in [0.25, 0.3) is 11.6 Å². The number of rotatable bonds is 5. The lowest BCUT2D eigenvalue weighted by atomic mass is 10.1. The number of hydrogen-bond donors (Lipinski definition) is 1. The van der Waals surface area contributed by atoms with Crippen molar-refractivity contribution in [1.82, 2.24) is 0 Å². The number of non-ortho nitro benzene ring substituents is 1. The van der Waals surface area contributed by atoms with Gasteiger partial charge in [0.2, 0.25) is 0 Å². The van der Waals surface area contributed by atoms with Crippen LogP contribution in [0, 0.1) is 10.1 Å². The number of nitrogens with zero attached hydrogens (tertiary/aromatic N) is 2.